The molecule has 4 atom stereocenters. The van der Waals surface area contributed by atoms with Gasteiger partial charge in [-0.1, -0.05) is 51.2 Å². The molecule has 0 aliphatic carbocycles. The number of nitrogens with zero attached hydrogens (tertiary/aromatic N) is 1. The lowest BCUT2D eigenvalue weighted by atomic mass is 10.00. The summed E-state index contributed by atoms with van der Waals surface area (Å²) in [5.74, 6) is 0.807. The van der Waals surface area contributed by atoms with Crippen molar-refractivity contribution in [3.05, 3.63) is 59.2 Å². The second-order valence-corrected chi connectivity index (χ2v) is 11.8. The summed E-state index contributed by atoms with van der Waals surface area (Å²) in [5.41, 5.74) is 8.71. The maximum Gasteiger partial charge on any atom is 0.176 e. The highest BCUT2D eigenvalue weighted by molar-refractivity contribution is 5.84. The van der Waals surface area contributed by atoms with E-state index in [1.165, 1.54) is 12.8 Å². The third-order valence-electron chi connectivity index (χ3n) is 7.94. The van der Waals surface area contributed by atoms with Gasteiger partial charge >= 0.3 is 0 Å². The number of hydrogen-bond acceptors (Lipinski definition) is 9. The van der Waals surface area contributed by atoms with Crippen LogP contribution in [0.15, 0.2) is 46.5 Å². The fraction of sp³-hybridized carbons (Fsp3) is 0.618. The van der Waals surface area contributed by atoms with E-state index in [0.717, 1.165) is 80.6 Å². The van der Waals surface area contributed by atoms with Gasteiger partial charge in [-0.3, -0.25) is 5.32 Å². The van der Waals surface area contributed by atoms with E-state index in [1.807, 2.05) is 31.3 Å². The molecule has 43 heavy (non-hydrogen) atoms. The zero-order chi connectivity index (χ0) is 31.0. The van der Waals surface area contributed by atoms with Crippen LogP contribution in [0.1, 0.15) is 71.3 Å². The monoisotopic (exact) mass is 598 g/mol. The average molecular weight is 599 g/mol. The molecule has 240 valence electrons. The molecule has 0 radical (unpaired) electrons. The zero-order valence-corrected chi connectivity index (χ0v) is 26.4. The second-order valence-electron chi connectivity index (χ2n) is 11.8. The van der Waals surface area contributed by atoms with Crippen molar-refractivity contribution in [2.75, 3.05) is 39.4 Å². The summed E-state index contributed by atoms with van der Waals surface area (Å²) < 4.78 is 12.3. The minimum atomic E-state index is -0.374. The standard InChI is InChI=1S/C34H54N4O5/c1-4-37-31(30-18-27(21-38-30)24(2)19-36-20-25(3)40)23-42-34-16-26(12-14-32(34)41)11-13-29-17-28(22-39)33(43-29)10-8-6-5-7-9-15-35/h12,14,16-18,21,24-25,31,33,36-37,39-41H,4-11,13,15,19-20,22-23,35H2,1-3H3/t24-,25+,31+,33?/m1/s1. The predicted octanol–water partition coefficient (Wildman–Crippen LogP) is 3.98. The van der Waals surface area contributed by atoms with Crippen LogP contribution in [0.3, 0.4) is 0 Å². The SMILES string of the molecule is CCN[C@@H](COc1cc(CC[C-]2C=C(CO)C(CCCCCCCN)O2)ccc1O)[C+]1C=C([C@H](C)CNC[C@H](C)O)C=N1. The summed E-state index contributed by atoms with van der Waals surface area (Å²) in [7, 11) is 0. The third kappa shape index (κ3) is 11.8. The summed E-state index contributed by atoms with van der Waals surface area (Å²) in [4.78, 5) is 4.65. The van der Waals surface area contributed by atoms with Gasteiger partial charge in [-0.25, -0.2) is 0 Å². The third-order valence-corrected chi connectivity index (χ3v) is 7.94. The summed E-state index contributed by atoms with van der Waals surface area (Å²) in [6, 6.07) is 6.26. The van der Waals surface area contributed by atoms with E-state index in [0.29, 0.717) is 25.3 Å². The number of nitrogens with two attached hydrogens (primary N) is 1. The van der Waals surface area contributed by atoms with Crippen LogP contribution in [0.5, 0.6) is 11.5 Å². The lowest BCUT2D eigenvalue weighted by molar-refractivity contribution is 0.102. The fourth-order valence-corrected chi connectivity index (χ4v) is 5.37. The highest BCUT2D eigenvalue weighted by Crippen LogP contribution is 2.33. The number of ether oxygens (including phenoxy) is 2. The second kappa shape index (κ2) is 19.0. The highest BCUT2D eigenvalue weighted by Gasteiger charge is 2.32. The van der Waals surface area contributed by atoms with Gasteiger partial charge in [0, 0.05) is 25.8 Å². The average Bonchev–Trinajstić information content (AvgIpc) is 3.64. The number of phenolic OH excluding ortho intramolecular Hbond substituents is 1. The van der Waals surface area contributed by atoms with Crippen LogP contribution in [0, 0.1) is 18.1 Å². The van der Waals surface area contributed by atoms with Crippen LogP contribution in [0.2, 0.25) is 0 Å². The normalized spacial score (nSPS) is 18.6. The van der Waals surface area contributed by atoms with Crippen molar-refractivity contribution in [3.63, 3.8) is 0 Å². The van der Waals surface area contributed by atoms with Crippen LogP contribution in [-0.2, 0) is 11.2 Å². The van der Waals surface area contributed by atoms with Gasteiger partial charge in [0.05, 0.1) is 18.1 Å². The summed E-state index contributed by atoms with van der Waals surface area (Å²) >= 11 is 0. The molecule has 0 bridgehead atoms. The molecule has 0 fully saturated rings. The van der Waals surface area contributed by atoms with E-state index in [1.54, 1.807) is 13.0 Å². The Morgan fingerprint density at radius 2 is 1.95 bits per heavy atom. The van der Waals surface area contributed by atoms with Crippen molar-refractivity contribution < 1.29 is 24.8 Å². The minimum Gasteiger partial charge on any atom is -0.504 e. The van der Waals surface area contributed by atoms with E-state index < -0.39 is 0 Å². The smallest absolute Gasteiger partial charge is 0.176 e. The molecule has 0 spiro atoms. The quantitative estimate of drug-likeness (QED) is 0.0870. The molecule has 9 nitrogen and oxygen atoms in total. The van der Waals surface area contributed by atoms with E-state index in [4.69, 9.17) is 15.2 Å². The first-order valence-corrected chi connectivity index (χ1v) is 16.1. The van der Waals surface area contributed by atoms with Gasteiger partial charge in [0.2, 0.25) is 0 Å². The number of aliphatic imine (C=N–C) groups is 1. The number of phenols is 1. The van der Waals surface area contributed by atoms with Crippen molar-refractivity contribution in [2.45, 2.75) is 90.4 Å². The van der Waals surface area contributed by atoms with Gasteiger partial charge < -0.3 is 35.8 Å². The topological polar surface area (TPSA) is 142 Å². The van der Waals surface area contributed by atoms with Crippen molar-refractivity contribution in [3.8, 4) is 11.5 Å². The lowest BCUT2D eigenvalue weighted by Gasteiger charge is -2.24. The predicted molar refractivity (Wildman–Crippen MR) is 173 cm³/mol. The Hall–Kier alpha value is -2.53. The first-order chi connectivity index (χ1) is 20.8. The molecule has 2 aliphatic rings. The van der Waals surface area contributed by atoms with Crippen molar-refractivity contribution >= 4 is 6.21 Å². The molecular formula is C34H54N4O5. The van der Waals surface area contributed by atoms with Crippen molar-refractivity contribution in [1.29, 1.82) is 0 Å². The number of likely N-dealkylation sites (N-methyl/N-ethyl adjacent to an activating group) is 1. The van der Waals surface area contributed by atoms with E-state index in [2.05, 4.69) is 28.6 Å². The Morgan fingerprint density at radius 3 is 2.70 bits per heavy atom. The van der Waals surface area contributed by atoms with Gasteiger partial charge in [0.25, 0.3) is 0 Å². The molecule has 0 amide bonds. The Bertz CT molecular complexity index is 1040. The van der Waals surface area contributed by atoms with Crippen molar-refractivity contribution in [1.82, 2.24) is 10.6 Å². The van der Waals surface area contributed by atoms with Crippen LogP contribution in [-0.4, -0.2) is 79.2 Å². The number of aromatic hydroxyl groups is 1. The number of unbranched alkanes of at least 4 members (excludes halogenated alkanes) is 4. The molecule has 1 aromatic carbocycles. The van der Waals surface area contributed by atoms with E-state index >= 15 is 0 Å². The number of nitrogens with one attached hydrogen (secondary N) is 2. The van der Waals surface area contributed by atoms with Crippen molar-refractivity contribution in [2.24, 2.45) is 16.6 Å². The zero-order valence-electron chi connectivity index (χ0n) is 26.4. The first-order valence-electron chi connectivity index (χ1n) is 16.1. The molecule has 3 rings (SSSR count). The molecule has 1 unspecified atom stereocenters. The molecule has 0 saturated heterocycles. The molecule has 9 heteroatoms. The Labute approximate surface area is 258 Å². The highest BCUT2D eigenvalue weighted by atomic mass is 16.5. The maximum atomic E-state index is 10.5. The van der Waals surface area contributed by atoms with Crippen LogP contribution < -0.4 is 21.1 Å². The van der Waals surface area contributed by atoms with Gasteiger partial charge in [-0.2, -0.15) is 11.6 Å². The first kappa shape index (κ1) is 35.0. The Balaban J connectivity index is 1.49. The maximum absolute atomic E-state index is 10.5. The number of benzene rings is 1. The molecule has 1 aromatic rings. The van der Waals surface area contributed by atoms with Crippen LogP contribution in [0.25, 0.3) is 0 Å². The number of hydrogen-bond donors (Lipinski definition) is 6. The van der Waals surface area contributed by atoms with Crippen LogP contribution in [0.4, 0.5) is 0 Å². The molecular weight excluding hydrogens is 544 g/mol. The van der Waals surface area contributed by atoms with E-state index in [9.17, 15) is 15.3 Å². The largest absolute Gasteiger partial charge is 0.504 e. The molecule has 2 heterocycles. The Morgan fingerprint density at radius 1 is 1.16 bits per heavy atom. The molecule has 2 aliphatic heterocycles. The molecule has 7 N–H and O–H groups in total. The fourth-order valence-electron chi connectivity index (χ4n) is 5.37. The number of rotatable bonds is 22. The number of aryl methyl sites for hydroxylation is 1. The molecule has 0 saturated carbocycles. The molecule has 0 aromatic heterocycles. The number of aliphatic hydroxyl groups is 2. The Kier molecular flexibility index (Phi) is 15.4. The lowest BCUT2D eigenvalue weighted by Crippen LogP contribution is -2.38. The minimum absolute atomic E-state index is 0.0179. The van der Waals surface area contributed by atoms with E-state index in [-0.39, 0.29) is 36.5 Å². The van der Waals surface area contributed by atoms with Crippen LogP contribution >= 0.6 is 0 Å². The van der Waals surface area contributed by atoms with Gasteiger partial charge in [-0.05, 0) is 63.9 Å². The summed E-state index contributed by atoms with van der Waals surface area (Å²) in [6.07, 6.45) is 14.5. The number of aliphatic hydroxyl groups excluding tert-OH is 2. The summed E-state index contributed by atoms with van der Waals surface area (Å²) in [6.45, 7) is 9.13. The summed E-state index contributed by atoms with van der Waals surface area (Å²) in [5, 5.41) is 36.6. The van der Waals surface area contributed by atoms with Gasteiger partial charge in [0.1, 0.15) is 18.2 Å². The van der Waals surface area contributed by atoms with Gasteiger partial charge in [0.15, 0.2) is 23.8 Å². The van der Waals surface area contributed by atoms with Gasteiger partial charge in [-0.15, -0.1) is 4.99 Å².